The number of nitrogens with zero attached hydrogens (tertiary/aromatic N) is 1. The van der Waals surface area contributed by atoms with Crippen LogP contribution in [-0.2, 0) is 13.0 Å². The second-order valence-electron chi connectivity index (χ2n) is 6.72. The lowest BCUT2D eigenvalue weighted by atomic mass is 9.99. The third-order valence-electron chi connectivity index (χ3n) is 5.22. The quantitative estimate of drug-likeness (QED) is 0.640. The molecule has 3 heterocycles. The van der Waals surface area contributed by atoms with Gasteiger partial charge < -0.3 is 4.42 Å². The predicted molar refractivity (Wildman–Crippen MR) is 98.8 cm³/mol. The molecule has 0 spiro atoms. The first-order chi connectivity index (χ1) is 11.5. The maximum atomic E-state index is 12.0. The molecule has 124 valence electrons. The summed E-state index contributed by atoms with van der Waals surface area (Å²) in [6.07, 6.45) is 1.09. The molecule has 0 radical (unpaired) electrons. The molecule has 1 atom stereocenters. The van der Waals surface area contributed by atoms with Crippen molar-refractivity contribution < 1.29 is 4.42 Å². The van der Waals surface area contributed by atoms with Gasteiger partial charge in [0.05, 0.1) is 0 Å². The van der Waals surface area contributed by atoms with Gasteiger partial charge in [-0.25, -0.2) is 4.79 Å². The summed E-state index contributed by atoms with van der Waals surface area (Å²) in [5.74, 6) is 0. The minimum absolute atomic E-state index is 0.262. The van der Waals surface area contributed by atoms with Crippen molar-refractivity contribution in [2.24, 2.45) is 0 Å². The van der Waals surface area contributed by atoms with Gasteiger partial charge in [0.25, 0.3) is 0 Å². The molecule has 3 aromatic rings. The van der Waals surface area contributed by atoms with E-state index in [1.54, 1.807) is 6.07 Å². The van der Waals surface area contributed by atoms with Gasteiger partial charge in [-0.15, -0.1) is 11.3 Å². The molecule has 1 aromatic carbocycles. The molecule has 4 rings (SSSR count). The Balaban J connectivity index is 1.75. The van der Waals surface area contributed by atoms with Crippen LogP contribution in [-0.4, -0.2) is 11.4 Å². The van der Waals surface area contributed by atoms with Crippen LogP contribution in [0, 0.1) is 13.8 Å². The van der Waals surface area contributed by atoms with Crippen molar-refractivity contribution in [3.8, 4) is 0 Å². The first-order valence-corrected chi connectivity index (χ1v) is 9.25. The number of hydrogen-bond acceptors (Lipinski definition) is 4. The summed E-state index contributed by atoms with van der Waals surface area (Å²) in [6, 6.07) is 8.41. The van der Waals surface area contributed by atoms with Gasteiger partial charge in [0, 0.05) is 35.5 Å². The smallest absolute Gasteiger partial charge is 0.336 e. The summed E-state index contributed by atoms with van der Waals surface area (Å²) in [4.78, 5) is 16.0. The maximum absolute atomic E-state index is 12.0. The van der Waals surface area contributed by atoms with Crippen molar-refractivity contribution in [1.29, 1.82) is 0 Å². The molecule has 1 aliphatic rings. The van der Waals surface area contributed by atoms with Gasteiger partial charge in [-0.05, 0) is 73.0 Å². The van der Waals surface area contributed by atoms with Crippen molar-refractivity contribution in [2.45, 2.75) is 39.8 Å². The summed E-state index contributed by atoms with van der Waals surface area (Å²) in [5.41, 5.74) is 5.31. The maximum Gasteiger partial charge on any atom is 0.336 e. The van der Waals surface area contributed by atoms with Crippen LogP contribution in [0.15, 0.2) is 38.9 Å². The fraction of sp³-hybridized carbons (Fsp3) is 0.350. The molecular formula is C20H21NO2S. The van der Waals surface area contributed by atoms with E-state index in [1.807, 2.05) is 24.3 Å². The Bertz CT molecular complexity index is 969. The lowest BCUT2D eigenvalue weighted by Crippen LogP contribution is -2.32. The molecule has 0 fully saturated rings. The summed E-state index contributed by atoms with van der Waals surface area (Å²) >= 11 is 1.85. The summed E-state index contributed by atoms with van der Waals surface area (Å²) < 4.78 is 5.43. The lowest BCUT2D eigenvalue weighted by molar-refractivity contribution is 0.192. The zero-order chi connectivity index (χ0) is 16.8. The number of aryl methyl sites for hydroxylation is 2. The van der Waals surface area contributed by atoms with Crippen molar-refractivity contribution in [3.05, 3.63) is 67.2 Å². The summed E-state index contributed by atoms with van der Waals surface area (Å²) in [5, 5.41) is 3.24. The van der Waals surface area contributed by atoms with Gasteiger partial charge in [-0.3, -0.25) is 4.90 Å². The molecule has 1 aliphatic heterocycles. The van der Waals surface area contributed by atoms with Crippen LogP contribution in [0.1, 0.15) is 40.1 Å². The van der Waals surface area contributed by atoms with Crippen LogP contribution in [0.2, 0.25) is 0 Å². The molecule has 0 unspecified atom stereocenters. The topological polar surface area (TPSA) is 33.5 Å². The molecule has 2 aromatic heterocycles. The second-order valence-corrected chi connectivity index (χ2v) is 7.72. The van der Waals surface area contributed by atoms with Crippen LogP contribution >= 0.6 is 11.3 Å². The van der Waals surface area contributed by atoms with Gasteiger partial charge in [-0.2, -0.15) is 0 Å². The Morgan fingerprint density at radius 2 is 2.04 bits per heavy atom. The van der Waals surface area contributed by atoms with E-state index in [-0.39, 0.29) is 5.63 Å². The monoisotopic (exact) mass is 339 g/mol. The van der Waals surface area contributed by atoms with E-state index in [9.17, 15) is 4.79 Å². The van der Waals surface area contributed by atoms with Crippen molar-refractivity contribution >= 4 is 22.3 Å². The van der Waals surface area contributed by atoms with E-state index in [0.717, 1.165) is 36.0 Å². The van der Waals surface area contributed by atoms with Gasteiger partial charge in [0.2, 0.25) is 0 Å². The molecule has 0 N–H and O–H groups in total. The molecule has 0 saturated carbocycles. The van der Waals surface area contributed by atoms with E-state index < -0.39 is 0 Å². The first-order valence-electron chi connectivity index (χ1n) is 8.37. The first kappa shape index (κ1) is 15.6. The number of fused-ring (bicyclic) bond motifs is 2. The summed E-state index contributed by atoms with van der Waals surface area (Å²) in [6.45, 7) is 8.22. The number of hydrogen-bond donors (Lipinski definition) is 0. The van der Waals surface area contributed by atoms with Gasteiger partial charge in [-0.1, -0.05) is 0 Å². The third kappa shape index (κ3) is 2.60. The molecule has 0 amide bonds. The fourth-order valence-electron chi connectivity index (χ4n) is 3.61. The van der Waals surface area contributed by atoms with Crippen molar-refractivity contribution in [3.63, 3.8) is 0 Å². The molecule has 0 aliphatic carbocycles. The Labute approximate surface area is 145 Å². The average Bonchev–Trinajstić information content (AvgIpc) is 3.01. The zero-order valence-corrected chi connectivity index (χ0v) is 15.1. The molecule has 4 heteroatoms. The van der Waals surface area contributed by atoms with Crippen LogP contribution < -0.4 is 5.63 Å². The number of benzene rings is 1. The number of rotatable bonds is 2. The molecule has 0 saturated heterocycles. The minimum Gasteiger partial charge on any atom is -0.423 e. The van der Waals surface area contributed by atoms with E-state index >= 15 is 0 Å². The van der Waals surface area contributed by atoms with Gasteiger partial charge in [0.1, 0.15) is 5.58 Å². The van der Waals surface area contributed by atoms with Crippen LogP contribution in [0.5, 0.6) is 0 Å². The standard InChI is InChI=1S/C20H21NO2S/c1-12-8-17-15(10-20(22)23-18(17)9-13(12)2)11-21-6-4-19-16(14(21)3)5-7-24-19/h5,7-10,14H,4,6,11H2,1-3H3/t14-/m0/s1. The highest BCUT2D eigenvalue weighted by Crippen LogP contribution is 2.34. The Kier molecular flexibility index (Phi) is 3.82. The van der Waals surface area contributed by atoms with E-state index in [4.69, 9.17) is 4.42 Å². The molecule has 0 bridgehead atoms. The third-order valence-corrected chi connectivity index (χ3v) is 6.22. The Morgan fingerprint density at radius 3 is 2.88 bits per heavy atom. The van der Waals surface area contributed by atoms with Crippen molar-refractivity contribution in [2.75, 3.05) is 6.54 Å². The van der Waals surface area contributed by atoms with Crippen LogP contribution in [0.25, 0.3) is 11.0 Å². The number of thiophene rings is 1. The molecular weight excluding hydrogens is 318 g/mol. The zero-order valence-electron chi connectivity index (χ0n) is 14.3. The highest BCUT2D eigenvalue weighted by atomic mass is 32.1. The SMILES string of the molecule is Cc1cc2oc(=O)cc(CN3CCc4sccc4[C@@H]3C)c2cc1C. The normalized spacial score (nSPS) is 18.0. The largest absolute Gasteiger partial charge is 0.423 e. The van der Waals surface area contributed by atoms with Crippen LogP contribution in [0.4, 0.5) is 0 Å². The summed E-state index contributed by atoms with van der Waals surface area (Å²) in [7, 11) is 0. The predicted octanol–water partition coefficient (Wildman–Crippen LogP) is 4.59. The van der Waals surface area contributed by atoms with E-state index in [2.05, 4.69) is 36.3 Å². The fourth-order valence-corrected chi connectivity index (χ4v) is 4.57. The van der Waals surface area contributed by atoms with Crippen molar-refractivity contribution in [1.82, 2.24) is 4.90 Å². The van der Waals surface area contributed by atoms with Crippen LogP contribution in [0.3, 0.4) is 0 Å². The molecule has 3 nitrogen and oxygen atoms in total. The Morgan fingerprint density at radius 1 is 1.25 bits per heavy atom. The van der Waals surface area contributed by atoms with Gasteiger partial charge >= 0.3 is 5.63 Å². The van der Waals surface area contributed by atoms with Gasteiger partial charge in [0.15, 0.2) is 0 Å². The second kappa shape index (κ2) is 5.87. The average molecular weight is 339 g/mol. The Hall–Kier alpha value is -1.91. The highest BCUT2D eigenvalue weighted by molar-refractivity contribution is 7.10. The highest BCUT2D eigenvalue weighted by Gasteiger charge is 2.25. The molecule has 24 heavy (non-hydrogen) atoms. The lowest BCUT2D eigenvalue weighted by Gasteiger charge is -2.33. The van der Waals surface area contributed by atoms with E-state index in [1.165, 1.54) is 16.0 Å². The minimum atomic E-state index is -0.262. The van der Waals surface area contributed by atoms with E-state index in [0.29, 0.717) is 11.6 Å².